The maximum absolute atomic E-state index is 11.1. The van der Waals surface area contributed by atoms with E-state index >= 15 is 0 Å². The summed E-state index contributed by atoms with van der Waals surface area (Å²) in [4.78, 5) is 11.1. The van der Waals surface area contributed by atoms with Crippen LogP contribution in [0.15, 0.2) is 10.5 Å². The van der Waals surface area contributed by atoms with Crippen molar-refractivity contribution in [1.29, 1.82) is 0 Å². The number of benzene rings is 1. The molecule has 104 valence electrons. The van der Waals surface area contributed by atoms with Crippen LogP contribution in [0.1, 0.15) is 41.2 Å². The molecule has 19 heavy (non-hydrogen) atoms. The van der Waals surface area contributed by atoms with Crippen molar-refractivity contribution in [2.45, 2.75) is 25.3 Å². The Morgan fingerprint density at radius 1 is 1.32 bits per heavy atom. The summed E-state index contributed by atoms with van der Waals surface area (Å²) in [5.74, 6) is 1.14. The normalized spacial score (nSPS) is 19.0. The topological polar surface area (TPSA) is 47.6 Å². The zero-order valence-electron chi connectivity index (χ0n) is 11.2. The SMILES string of the molecule is COc1c(C=O)cc(Br)c(C2CCCCN2)c1OC. The third kappa shape index (κ3) is 2.77. The van der Waals surface area contributed by atoms with Gasteiger partial charge in [-0.2, -0.15) is 0 Å². The molecule has 4 nitrogen and oxygen atoms in total. The van der Waals surface area contributed by atoms with Gasteiger partial charge in [0.05, 0.1) is 19.8 Å². The maximum Gasteiger partial charge on any atom is 0.171 e. The molecule has 1 atom stereocenters. The van der Waals surface area contributed by atoms with Crippen molar-refractivity contribution in [2.24, 2.45) is 0 Å². The molecule has 1 saturated heterocycles. The van der Waals surface area contributed by atoms with Crippen molar-refractivity contribution < 1.29 is 14.3 Å². The quantitative estimate of drug-likeness (QED) is 0.863. The third-order valence-electron chi connectivity index (χ3n) is 3.45. The van der Waals surface area contributed by atoms with E-state index in [2.05, 4.69) is 21.2 Å². The van der Waals surface area contributed by atoms with Crippen LogP contribution in [0.2, 0.25) is 0 Å². The van der Waals surface area contributed by atoms with Crippen molar-refractivity contribution in [3.63, 3.8) is 0 Å². The van der Waals surface area contributed by atoms with Gasteiger partial charge in [-0.15, -0.1) is 0 Å². The Balaban J connectivity index is 2.54. The second-order valence-electron chi connectivity index (χ2n) is 4.55. The Hall–Kier alpha value is -1.07. The molecule has 0 bridgehead atoms. The van der Waals surface area contributed by atoms with E-state index < -0.39 is 0 Å². The second-order valence-corrected chi connectivity index (χ2v) is 5.40. The number of piperidine rings is 1. The molecule has 0 saturated carbocycles. The van der Waals surface area contributed by atoms with E-state index in [0.717, 1.165) is 29.3 Å². The predicted molar refractivity (Wildman–Crippen MR) is 77.2 cm³/mol. The first-order valence-electron chi connectivity index (χ1n) is 6.35. The van der Waals surface area contributed by atoms with Crippen LogP contribution >= 0.6 is 15.9 Å². The first kappa shape index (κ1) is 14.3. The minimum atomic E-state index is 0.229. The number of aldehydes is 1. The number of hydrogen-bond acceptors (Lipinski definition) is 4. The Morgan fingerprint density at radius 2 is 2.05 bits per heavy atom. The van der Waals surface area contributed by atoms with Crippen molar-refractivity contribution in [2.75, 3.05) is 20.8 Å². The first-order chi connectivity index (χ1) is 9.22. The number of rotatable bonds is 4. The van der Waals surface area contributed by atoms with Gasteiger partial charge in [0.25, 0.3) is 0 Å². The first-order valence-corrected chi connectivity index (χ1v) is 7.15. The Kier molecular flexibility index (Phi) is 4.82. The molecule has 1 aliphatic heterocycles. The highest BCUT2D eigenvalue weighted by atomic mass is 79.9. The molecule has 0 radical (unpaired) electrons. The molecule has 1 fully saturated rings. The van der Waals surface area contributed by atoms with E-state index in [1.165, 1.54) is 12.8 Å². The van der Waals surface area contributed by atoms with E-state index in [1.54, 1.807) is 20.3 Å². The van der Waals surface area contributed by atoms with E-state index in [4.69, 9.17) is 9.47 Å². The average Bonchev–Trinajstić information content (AvgIpc) is 2.46. The number of halogens is 1. The average molecular weight is 328 g/mol. The summed E-state index contributed by atoms with van der Waals surface area (Å²) in [5, 5.41) is 3.49. The predicted octanol–water partition coefficient (Wildman–Crippen LogP) is 3.09. The Labute approximate surface area is 121 Å². The van der Waals surface area contributed by atoms with Gasteiger partial charge in [-0.25, -0.2) is 0 Å². The molecule has 0 aromatic heterocycles. The number of nitrogens with one attached hydrogen (secondary N) is 1. The molecule has 0 amide bonds. The lowest BCUT2D eigenvalue weighted by molar-refractivity contribution is 0.111. The molecule has 1 N–H and O–H groups in total. The fourth-order valence-corrected chi connectivity index (χ4v) is 3.27. The lowest BCUT2D eigenvalue weighted by Gasteiger charge is -2.27. The van der Waals surface area contributed by atoms with Gasteiger partial charge in [0, 0.05) is 16.1 Å². The van der Waals surface area contributed by atoms with Gasteiger partial charge in [0.15, 0.2) is 17.8 Å². The zero-order chi connectivity index (χ0) is 13.8. The van der Waals surface area contributed by atoms with E-state index in [0.29, 0.717) is 17.1 Å². The Morgan fingerprint density at radius 3 is 2.58 bits per heavy atom. The largest absolute Gasteiger partial charge is 0.492 e. The van der Waals surface area contributed by atoms with Crippen LogP contribution in [0, 0.1) is 0 Å². The van der Waals surface area contributed by atoms with Gasteiger partial charge in [-0.3, -0.25) is 4.79 Å². The highest BCUT2D eigenvalue weighted by Gasteiger charge is 2.25. The summed E-state index contributed by atoms with van der Waals surface area (Å²) in [6.45, 7) is 0.998. The fraction of sp³-hybridized carbons (Fsp3) is 0.500. The second kappa shape index (κ2) is 6.39. The number of hydrogen-bond donors (Lipinski definition) is 1. The number of carbonyl (C=O) groups excluding carboxylic acids is 1. The summed E-state index contributed by atoms with van der Waals surface area (Å²) in [7, 11) is 3.15. The maximum atomic E-state index is 11.1. The molecule has 0 aliphatic carbocycles. The zero-order valence-corrected chi connectivity index (χ0v) is 12.7. The smallest absolute Gasteiger partial charge is 0.171 e. The highest BCUT2D eigenvalue weighted by Crippen LogP contribution is 2.43. The molecule has 1 unspecified atom stereocenters. The molecule has 5 heteroatoms. The van der Waals surface area contributed by atoms with Crippen LogP contribution in [0.5, 0.6) is 11.5 Å². The minimum Gasteiger partial charge on any atom is -0.492 e. The van der Waals surface area contributed by atoms with Crippen LogP contribution in [-0.4, -0.2) is 27.1 Å². The van der Waals surface area contributed by atoms with Gasteiger partial charge in [-0.05, 0) is 25.5 Å². The fourth-order valence-electron chi connectivity index (χ4n) is 2.57. The molecule has 1 aromatic rings. The van der Waals surface area contributed by atoms with Crippen molar-refractivity contribution in [3.8, 4) is 11.5 Å². The summed E-state index contributed by atoms with van der Waals surface area (Å²) in [6, 6.07) is 2.02. The van der Waals surface area contributed by atoms with E-state index in [9.17, 15) is 4.79 Å². The standard InChI is InChI=1S/C14H18BrNO3/c1-18-13-9(8-17)7-10(15)12(14(13)19-2)11-5-3-4-6-16-11/h7-8,11,16H,3-6H2,1-2H3. The van der Waals surface area contributed by atoms with Crippen LogP contribution in [0.25, 0.3) is 0 Å². The van der Waals surface area contributed by atoms with Gasteiger partial charge < -0.3 is 14.8 Å². The number of methoxy groups -OCH3 is 2. The van der Waals surface area contributed by atoms with Gasteiger partial charge >= 0.3 is 0 Å². The van der Waals surface area contributed by atoms with Crippen LogP contribution in [0.4, 0.5) is 0 Å². The summed E-state index contributed by atoms with van der Waals surface area (Å²) >= 11 is 3.54. The summed E-state index contributed by atoms with van der Waals surface area (Å²) in [5.41, 5.74) is 1.52. The van der Waals surface area contributed by atoms with E-state index in [1.807, 2.05) is 0 Å². The highest BCUT2D eigenvalue weighted by molar-refractivity contribution is 9.10. The lowest BCUT2D eigenvalue weighted by Crippen LogP contribution is -2.27. The molecule has 1 aliphatic rings. The van der Waals surface area contributed by atoms with Gasteiger partial charge in [0.2, 0.25) is 0 Å². The van der Waals surface area contributed by atoms with E-state index in [-0.39, 0.29) is 6.04 Å². The molecule has 0 spiro atoms. The number of carbonyl (C=O) groups is 1. The number of ether oxygens (including phenoxy) is 2. The minimum absolute atomic E-state index is 0.229. The van der Waals surface area contributed by atoms with Crippen LogP contribution in [0.3, 0.4) is 0 Å². The summed E-state index contributed by atoms with van der Waals surface area (Å²) in [6.07, 6.45) is 4.22. The van der Waals surface area contributed by atoms with Gasteiger partial charge in [-0.1, -0.05) is 22.4 Å². The third-order valence-corrected chi connectivity index (χ3v) is 4.10. The van der Waals surface area contributed by atoms with Crippen molar-refractivity contribution in [1.82, 2.24) is 5.32 Å². The lowest BCUT2D eigenvalue weighted by atomic mass is 9.95. The molecule has 2 rings (SSSR count). The van der Waals surface area contributed by atoms with Gasteiger partial charge in [0.1, 0.15) is 0 Å². The molecule has 1 heterocycles. The molecular formula is C14H18BrNO3. The van der Waals surface area contributed by atoms with Crippen LogP contribution in [-0.2, 0) is 0 Å². The molecular weight excluding hydrogens is 310 g/mol. The summed E-state index contributed by atoms with van der Waals surface area (Å²) < 4.78 is 11.7. The Bertz CT molecular complexity index is 470. The van der Waals surface area contributed by atoms with Crippen molar-refractivity contribution in [3.05, 3.63) is 21.7 Å². The monoisotopic (exact) mass is 327 g/mol. The van der Waals surface area contributed by atoms with Crippen molar-refractivity contribution >= 4 is 22.2 Å². The van der Waals surface area contributed by atoms with Crippen LogP contribution < -0.4 is 14.8 Å². The molecule has 1 aromatic carbocycles.